The van der Waals surface area contributed by atoms with Crippen molar-refractivity contribution >= 4 is 31.2 Å². The second kappa shape index (κ2) is 6.47. The molecule has 0 atom stereocenters. The summed E-state index contributed by atoms with van der Waals surface area (Å²) in [5, 5.41) is 12.9. The highest BCUT2D eigenvalue weighted by Crippen LogP contribution is 2.34. The topological polar surface area (TPSA) is 92.7 Å². The van der Waals surface area contributed by atoms with Crippen LogP contribution in [0.2, 0.25) is 0 Å². The van der Waals surface area contributed by atoms with E-state index in [0.29, 0.717) is 5.56 Å². The van der Waals surface area contributed by atoms with Crippen molar-refractivity contribution in [2.24, 2.45) is 0 Å². The maximum Gasteiger partial charge on any atom is 0.265 e. The average Bonchev–Trinajstić information content (AvgIpc) is 2.52. The second-order valence-electron chi connectivity index (χ2n) is 4.61. The molecule has 8 heteroatoms. The third kappa shape index (κ3) is 3.57. The first-order valence-electron chi connectivity index (χ1n) is 6.46. The van der Waals surface area contributed by atoms with Crippen LogP contribution in [0, 0.1) is 0 Å². The molecule has 0 saturated carbocycles. The van der Waals surface area contributed by atoms with Gasteiger partial charge in [0.1, 0.15) is 16.4 Å². The predicted octanol–water partition coefficient (Wildman–Crippen LogP) is 2.60. The van der Waals surface area contributed by atoms with E-state index >= 15 is 0 Å². The lowest BCUT2D eigenvalue weighted by molar-refractivity contribution is 0.103. The largest absolute Gasteiger partial charge is 0.507 e. The predicted molar refractivity (Wildman–Crippen MR) is 87.1 cm³/mol. The van der Waals surface area contributed by atoms with Crippen LogP contribution in [0.25, 0.3) is 0 Å². The molecule has 2 aromatic rings. The van der Waals surface area contributed by atoms with Gasteiger partial charge >= 0.3 is 0 Å². The minimum Gasteiger partial charge on any atom is -0.507 e. The highest BCUT2D eigenvalue weighted by Gasteiger charge is 2.23. The van der Waals surface area contributed by atoms with E-state index in [0.717, 1.165) is 17.8 Å². The summed E-state index contributed by atoms with van der Waals surface area (Å²) in [6.45, 7) is 0. The van der Waals surface area contributed by atoms with Crippen molar-refractivity contribution in [3.05, 3.63) is 47.5 Å². The lowest BCUT2D eigenvalue weighted by Crippen LogP contribution is -2.05. The Morgan fingerprint density at radius 3 is 2.30 bits per heavy atom. The number of ether oxygens (including phenoxy) is 1. The Balaban J connectivity index is 2.55. The van der Waals surface area contributed by atoms with E-state index in [1.807, 2.05) is 0 Å². The maximum absolute atomic E-state index is 12.5. The number of phenolic OH excluding ortho intramolecular Hbond substituents is 1. The molecule has 0 aliphatic carbocycles. The molecule has 0 aliphatic heterocycles. The van der Waals surface area contributed by atoms with Gasteiger partial charge in [-0.25, -0.2) is 8.42 Å². The fraction of sp³-hybridized carbons (Fsp3) is 0.133. The highest BCUT2D eigenvalue weighted by molar-refractivity contribution is 8.13. The number of carbonyl (C=O) groups excluding carboxylic acids is 1. The minimum atomic E-state index is -4.14. The lowest BCUT2D eigenvalue weighted by atomic mass is 10.0. The highest BCUT2D eigenvalue weighted by atomic mass is 35.7. The number of ketones is 1. The Kier molecular flexibility index (Phi) is 4.82. The van der Waals surface area contributed by atoms with Crippen molar-refractivity contribution in [3.63, 3.8) is 0 Å². The summed E-state index contributed by atoms with van der Waals surface area (Å²) in [5.74, 6) is -1.07. The molecule has 0 unspecified atom stereocenters. The first kappa shape index (κ1) is 17.1. The van der Waals surface area contributed by atoms with Gasteiger partial charge in [-0.1, -0.05) is 0 Å². The van der Waals surface area contributed by atoms with Crippen LogP contribution in [0.4, 0.5) is 5.69 Å². The zero-order chi connectivity index (χ0) is 17.2. The number of phenols is 1. The van der Waals surface area contributed by atoms with Gasteiger partial charge in [0.25, 0.3) is 9.05 Å². The Hall–Kier alpha value is -2.25. The van der Waals surface area contributed by atoms with Gasteiger partial charge in [-0.15, -0.1) is 0 Å². The van der Waals surface area contributed by atoms with Gasteiger partial charge in [-0.2, -0.15) is 0 Å². The Bertz CT molecular complexity index is 847. The molecule has 2 aromatic carbocycles. The molecule has 0 heterocycles. The third-order valence-corrected chi connectivity index (χ3v) is 4.57. The van der Waals surface area contributed by atoms with E-state index in [9.17, 15) is 18.3 Å². The molecule has 0 bridgehead atoms. The van der Waals surface area contributed by atoms with Crippen LogP contribution < -0.4 is 10.1 Å². The van der Waals surface area contributed by atoms with Crippen molar-refractivity contribution in [3.8, 4) is 11.5 Å². The smallest absolute Gasteiger partial charge is 0.265 e. The van der Waals surface area contributed by atoms with E-state index in [4.69, 9.17) is 15.4 Å². The number of benzene rings is 2. The van der Waals surface area contributed by atoms with Crippen molar-refractivity contribution < 1.29 is 23.1 Å². The van der Waals surface area contributed by atoms with Crippen LogP contribution >= 0.6 is 10.7 Å². The lowest BCUT2D eigenvalue weighted by Gasteiger charge is -2.10. The molecule has 2 rings (SSSR count). The van der Waals surface area contributed by atoms with Gasteiger partial charge in [0.2, 0.25) is 0 Å². The van der Waals surface area contributed by atoms with E-state index in [2.05, 4.69) is 5.32 Å². The fourth-order valence-electron chi connectivity index (χ4n) is 2.02. The maximum atomic E-state index is 12.5. The monoisotopic (exact) mass is 355 g/mol. The van der Waals surface area contributed by atoms with Crippen molar-refractivity contribution in [2.75, 3.05) is 19.5 Å². The van der Waals surface area contributed by atoms with Crippen molar-refractivity contribution in [1.82, 2.24) is 0 Å². The van der Waals surface area contributed by atoms with E-state index in [-0.39, 0.29) is 16.2 Å². The number of methoxy groups -OCH3 is 1. The summed E-state index contributed by atoms with van der Waals surface area (Å²) < 4.78 is 28.1. The van der Waals surface area contributed by atoms with Crippen molar-refractivity contribution in [1.29, 1.82) is 0 Å². The standard InChI is InChI=1S/C15H14ClNO5S/c1-17-10-5-3-9(4-6-10)15(19)11-7-14(23(16,20)21)13(22-2)8-12(11)18/h3-8,17-18H,1-2H3. The van der Waals surface area contributed by atoms with E-state index in [1.165, 1.54) is 7.11 Å². The van der Waals surface area contributed by atoms with Crippen LogP contribution in [0.15, 0.2) is 41.3 Å². The van der Waals surface area contributed by atoms with Crippen LogP contribution in [-0.2, 0) is 9.05 Å². The number of nitrogens with one attached hydrogen (secondary N) is 1. The molecule has 0 aliphatic rings. The van der Waals surface area contributed by atoms with Crippen LogP contribution in [0.5, 0.6) is 11.5 Å². The fourth-order valence-corrected chi connectivity index (χ4v) is 3.03. The van der Waals surface area contributed by atoms with Crippen LogP contribution in [0.3, 0.4) is 0 Å². The number of anilines is 1. The Morgan fingerprint density at radius 1 is 1.22 bits per heavy atom. The molecule has 0 saturated heterocycles. The quantitative estimate of drug-likeness (QED) is 0.632. The zero-order valence-corrected chi connectivity index (χ0v) is 13.9. The number of rotatable bonds is 5. The number of hydrogen-bond donors (Lipinski definition) is 2. The molecule has 0 fully saturated rings. The Labute approximate surface area is 138 Å². The molecule has 2 N–H and O–H groups in total. The summed E-state index contributed by atoms with van der Waals surface area (Å²) >= 11 is 0. The molecular weight excluding hydrogens is 342 g/mol. The molecule has 6 nitrogen and oxygen atoms in total. The number of aromatic hydroxyl groups is 1. The zero-order valence-electron chi connectivity index (χ0n) is 12.3. The molecule has 0 amide bonds. The van der Waals surface area contributed by atoms with E-state index < -0.39 is 20.6 Å². The summed E-state index contributed by atoms with van der Waals surface area (Å²) in [5.41, 5.74) is 0.925. The van der Waals surface area contributed by atoms with Gasteiger partial charge in [0.15, 0.2) is 5.78 Å². The van der Waals surface area contributed by atoms with Crippen LogP contribution in [-0.4, -0.2) is 33.5 Å². The summed E-state index contributed by atoms with van der Waals surface area (Å²) in [7, 11) is 4.19. The van der Waals surface area contributed by atoms with Crippen molar-refractivity contribution in [2.45, 2.75) is 4.90 Å². The summed E-state index contributed by atoms with van der Waals surface area (Å²) in [6, 6.07) is 8.55. The molecule has 23 heavy (non-hydrogen) atoms. The molecule has 0 aromatic heterocycles. The third-order valence-electron chi connectivity index (χ3n) is 3.23. The van der Waals surface area contributed by atoms with E-state index in [1.54, 1.807) is 31.3 Å². The summed E-state index contributed by atoms with van der Waals surface area (Å²) in [4.78, 5) is 12.1. The van der Waals surface area contributed by atoms with Gasteiger partial charge in [-0.05, 0) is 30.3 Å². The molecular formula is C15H14ClNO5S. The summed E-state index contributed by atoms with van der Waals surface area (Å²) in [6.07, 6.45) is 0. The van der Waals surface area contributed by atoms with Gasteiger partial charge < -0.3 is 15.2 Å². The van der Waals surface area contributed by atoms with Gasteiger partial charge in [-0.3, -0.25) is 4.79 Å². The number of carbonyl (C=O) groups is 1. The first-order valence-corrected chi connectivity index (χ1v) is 8.77. The van der Waals surface area contributed by atoms with Gasteiger partial charge in [0.05, 0.1) is 12.7 Å². The normalized spacial score (nSPS) is 11.1. The van der Waals surface area contributed by atoms with Crippen LogP contribution in [0.1, 0.15) is 15.9 Å². The SMILES string of the molecule is CNc1ccc(C(=O)c2cc(S(=O)(=O)Cl)c(OC)cc2O)cc1. The molecule has 0 spiro atoms. The molecule has 0 radical (unpaired) electrons. The minimum absolute atomic E-state index is 0.139. The Morgan fingerprint density at radius 2 is 1.83 bits per heavy atom. The second-order valence-corrected chi connectivity index (χ2v) is 7.15. The number of hydrogen-bond acceptors (Lipinski definition) is 6. The molecule has 122 valence electrons. The first-order chi connectivity index (χ1) is 10.8. The van der Waals surface area contributed by atoms with Gasteiger partial charge in [0, 0.05) is 35.0 Å². The number of halogens is 1. The average molecular weight is 356 g/mol.